The number of hydrogen-bond donors (Lipinski definition) is 0. The molecule has 3 aromatic rings. The summed E-state index contributed by atoms with van der Waals surface area (Å²) in [6.45, 7) is 3.23. The van der Waals surface area contributed by atoms with Crippen LogP contribution in [0, 0.1) is 10.6 Å². The van der Waals surface area contributed by atoms with Crippen molar-refractivity contribution < 1.29 is 9.53 Å². The number of fused-ring (bicyclic) bond motifs is 1. The van der Waals surface area contributed by atoms with Gasteiger partial charge in [-0.1, -0.05) is 18.2 Å². The molecule has 6 heteroatoms. The van der Waals surface area contributed by atoms with Crippen molar-refractivity contribution in [3.05, 3.63) is 63.6 Å². The van der Waals surface area contributed by atoms with E-state index in [1.807, 2.05) is 61.0 Å². The van der Waals surface area contributed by atoms with Gasteiger partial charge in [0.25, 0.3) is 5.91 Å². The van der Waals surface area contributed by atoms with Gasteiger partial charge in [-0.05, 0) is 59.7 Å². The highest BCUT2D eigenvalue weighted by molar-refractivity contribution is 14.1. The summed E-state index contributed by atoms with van der Waals surface area (Å²) in [6, 6.07) is 11.6. The molecule has 2 aromatic heterocycles. The van der Waals surface area contributed by atoms with Gasteiger partial charge in [0.2, 0.25) is 0 Å². The van der Waals surface area contributed by atoms with Gasteiger partial charge in [0.05, 0.1) is 18.4 Å². The maximum atomic E-state index is 12.7. The highest BCUT2D eigenvalue weighted by Crippen LogP contribution is 2.17. The van der Waals surface area contributed by atoms with Gasteiger partial charge in [-0.15, -0.1) is 0 Å². The predicted octanol–water partition coefficient (Wildman–Crippen LogP) is 3.79. The molecule has 0 aliphatic heterocycles. The third-order valence-corrected chi connectivity index (χ3v) is 4.86. The zero-order valence-corrected chi connectivity index (χ0v) is 16.4. The van der Waals surface area contributed by atoms with Gasteiger partial charge in [-0.3, -0.25) is 9.20 Å². The zero-order valence-electron chi connectivity index (χ0n) is 14.3. The molecule has 130 valence electrons. The average molecular weight is 449 g/mol. The first kappa shape index (κ1) is 17.7. The van der Waals surface area contributed by atoms with Crippen LogP contribution in [0.4, 0.5) is 0 Å². The number of carbonyl (C=O) groups is 1. The van der Waals surface area contributed by atoms with E-state index in [4.69, 9.17) is 4.74 Å². The van der Waals surface area contributed by atoms with Crippen LogP contribution in [0.25, 0.3) is 5.65 Å². The summed E-state index contributed by atoms with van der Waals surface area (Å²) in [6.07, 6.45) is 4.45. The maximum absolute atomic E-state index is 12.7. The maximum Gasteiger partial charge on any atom is 0.257 e. The van der Waals surface area contributed by atoms with E-state index in [0.717, 1.165) is 21.4 Å². The van der Waals surface area contributed by atoms with Gasteiger partial charge in [0, 0.05) is 19.8 Å². The summed E-state index contributed by atoms with van der Waals surface area (Å²) in [7, 11) is 1.81. The number of carbonyl (C=O) groups excluding carboxylic acids is 1. The molecule has 0 saturated heterocycles. The fourth-order valence-corrected chi connectivity index (χ4v) is 3.19. The molecule has 1 aromatic carbocycles. The molecule has 0 unspecified atom stereocenters. The number of halogens is 1. The minimum Gasteiger partial charge on any atom is -0.493 e. The lowest BCUT2D eigenvalue weighted by Crippen LogP contribution is -2.29. The second-order valence-corrected chi connectivity index (χ2v) is 7.00. The number of ether oxygens (including phenoxy) is 1. The van der Waals surface area contributed by atoms with Crippen LogP contribution in [0.15, 0.2) is 48.8 Å². The van der Waals surface area contributed by atoms with E-state index in [1.165, 1.54) is 0 Å². The SMILES string of the molecule is Cc1ccccc1OCCCN(C)C(=O)c1cccn2c(I)cnc12. The van der Waals surface area contributed by atoms with Crippen LogP contribution in [0.3, 0.4) is 0 Å². The number of aromatic nitrogens is 2. The largest absolute Gasteiger partial charge is 0.493 e. The van der Waals surface area contributed by atoms with Crippen LogP contribution in [0.5, 0.6) is 5.75 Å². The van der Waals surface area contributed by atoms with Crippen molar-refractivity contribution in [2.45, 2.75) is 13.3 Å². The summed E-state index contributed by atoms with van der Waals surface area (Å²) in [4.78, 5) is 18.8. The molecule has 0 fully saturated rings. The van der Waals surface area contributed by atoms with Gasteiger partial charge in [0.1, 0.15) is 15.1 Å². The molecule has 3 rings (SSSR count). The molecule has 5 nitrogen and oxygen atoms in total. The summed E-state index contributed by atoms with van der Waals surface area (Å²) in [5, 5.41) is 0. The monoisotopic (exact) mass is 449 g/mol. The Bertz CT molecular complexity index is 891. The minimum atomic E-state index is -0.0245. The summed E-state index contributed by atoms with van der Waals surface area (Å²) < 4.78 is 8.69. The van der Waals surface area contributed by atoms with Crippen LogP contribution in [0.1, 0.15) is 22.3 Å². The lowest BCUT2D eigenvalue weighted by molar-refractivity contribution is 0.0789. The van der Waals surface area contributed by atoms with Gasteiger partial charge < -0.3 is 9.64 Å². The molecule has 2 heterocycles. The van der Waals surface area contributed by atoms with Gasteiger partial charge in [0.15, 0.2) is 0 Å². The summed E-state index contributed by atoms with van der Waals surface area (Å²) in [5.74, 6) is 0.872. The van der Waals surface area contributed by atoms with E-state index in [-0.39, 0.29) is 5.91 Å². The normalized spacial score (nSPS) is 10.8. The Labute approximate surface area is 160 Å². The summed E-state index contributed by atoms with van der Waals surface area (Å²) >= 11 is 2.21. The quantitative estimate of drug-likeness (QED) is 0.425. The minimum absolute atomic E-state index is 0.0245. The number of aryl methyl sites for hydroxylation is 1. The van der Waals surface area contributed by atoms with Crippen molar-refractivity contribution in [1.29, 1.82) is 0 Å². The van der Waals surface area contributed by atoms with Crippen molar-refractivity contribution in [1.82, 2.24) is 14.3 Å². The number of nitrogens with zero attached hydrogens (tertiary/aromatic N) is 3. The molecule has 0 bridgehead atoms. The fourth-order valence-electron chi connectivity index (χ4n) is 2.66. The van der Waals surface area contributed by atoms with E-state index >= 15 is 0 Å². The van der Waals surface area contributed by atoms with E-state index in [9.17, 15) is 4.79 Å². The van der Waals surface area contributed by atoms with E-state index in [0.29, 0.717) is 24.4 Å². The van der Waals surface area contributed by atoms with Gasteiger partial charge >= 0.3 is 0 Å². The Kier molecular flexibility index (Phi) is 5.57. The molecule has 0 aliphatic carbocycles. The zero-order chi connectivity index (χ0) is 17.8. The van der Waals surface area contributed by atoms with E-state index < -0.39 is 0 Å². The van der Waals surface area contributed by atoms with Crippen molar-refractivity contribution in [2.75, 3.05) is 20.2 Å². The van der Waals surface area contributed by atoms with Gasteiger partial charge in [-0.2, -0.15) is 0 Å². The number of pyridine rings is 1. The number of amides is 1. The molecule has 0 spiro atoms. The van der Waals surface area contributed by atoms with Crippen molar-refractivity contribution in [3.8, 4) is 5.75 Å². The highest BCUT2D eigenvalue weighted by atomic mass is 127. The fraction of sp³-hybridized carbons (Fsp3) is 0.263. The van der Waals surface area contributed by atoms with E-state index in [2.05, 4.69) is 27.6 Å². The Morgan fingerprint density at radius 2 is 2.08 bits per heavy atom. The molecule has 0 radical (unpaired) electrons. The van der Waals surface area contributed by atoms with E-state index in [1.54, 1.807) is 11.1 Å². The molecule has 25 heavy (non-hydrogen) atoms. The first-order chi connectivity index (χ1) is 12.1. The molecule has 0 saturated carbocycles. The lowest BCUT2D eigenvalue weighted by Gasteiger charge is -2.18. The topological polar surface area (TPSA) is 46.8 Å². The molecule has 1 amide bonds. The standard InChI is InChI=1S/C19H20IN3O2/c1-14-7-3-4-9-16(14)25-12-6-10-22(2)19(24)15-8-5-11-23-17(20)13-21-18(15)23/h3-5,7-9,11,13H,6,10,12H2,1-2H3. The second kappa shape index (κ2) is 7.86. The van der Waals surface area contributed by atoms with Crippen LogP contribution in [-0.4, -0.2) is 40.4 Å². The molecular weight excluding hydrogens is 429 g/mol. The van der Waals surface area contributed by atoms with Gasteiger partial charge in [-0.25, -0.2) is 4.98 Å². The van der Waals surface area contributed by atoms with Crippen LogP contribution in [0.2, 0.25) is 0 Å². The van der Waals surface area contributed by atoms with Crippen LogP contribution in [-0.2, 0) is 0 Å². The van der Waals surface area contributed by atoms with Crippen molar-refractivity contribution in [3.63, 3.8) is 0 Å². The first-order valence-corrected chi connectivity index (χ1v) is 9.21. The predicted molar refractivity (Wildman–Crippen MR) is 106 cm³/mol. The Hall–Kier alpha value is -2.09. The number of para-hydroxylation sites is 1. The Morgan fingerprint density at radius 3 is 2.88 bits per heavy atom. The Balaban J connectivity index is 1.58. The van der Waals surface area contributed by atoms with Crippen molar-refractivity contribution >= 4 is 34.1 Å². The van der Waals surface area contributed by atoms with Crippen LogP contribution >= 0.6 is 22.6 Å². The first-order valence-electron chi connectivity index (χ1n) is 8.13. The molecule has 0 N–H and O–H groups in total. The number of benzene rings is 1. The third-order valence-electron chi connectivity index (χ3n) is 4.06. The second-order valence-electron chi connectivity index (χ2n) is 5.89. The molecule has 0 aliphatic rings. The number of imidazole rings is 1. The highest BCUT2D eigenvalue weighted by Gasteiger charge is 2.16. The number of hydrogen-bond acceptors (Lipinski definition) is 3. The smallest absolute Gasteiger partial charge is 0.257 e. The van der Waals surface area contributed by atoms with Crippen molar-refractivity contribution in [2.24, 2.45) is 0 Å². The average Bonchev–Trinajstić information content (AvgIpc) is 3.00. The number of rotatable bonds is 6. The summed E-state index contributed by atoms with van der Waals surface area (Å²) in [5.41, 5.74) is 2.43. The Morgan fingerprint density at radius 1 is 1.28 bits per heavy atom. The van der Waals surface area contributed by atoms with Crippen LogP contribution < -0.4 is 4.74 Å². The lowest BCUT2D eigenvalue weighted by atomic mass is 10.2. The molecular formula is C19H20IN3O2. The molecule has 0 atom stereocenters. The third kappa shape index (κ3) is 3.95.